The van der Waals surface area contributed by atoms with Crippen molar-refractivity contribution in [3.63, 3.8) is 0 Å². The van der Waals surface area contributed by atoms with Gasteiger partial charge in [0, 0.05) is 4.48 Å². The third-order valence-electron chi connectivity index (χ3n) is 2.30. The summed E-state index contributed by atoms with van der Waals surface area (Å²) in [7, 11) is -2.64. The number of nitrogens with one attached hydrogen (secondary N) is 1. The van der Waals surface area contributed by atoms with Crippen LogP contribution in [0, 0.1) is 6.92 Å². The van der Waals surface area contributed by atoms with Crippen LogP contribution in [-0.2, 0) is 19.6 Å². The van der Waals surface area contributed by atoms with E-state index in [0.717, 1.165) is 5.56 Å². The summed E-state index contributed by atoms with van der Waals surface area (Å²) in [6.45, 7) is 3.40. The van der Waals surface area contributed by atoms with E-state index in [1.807, 2.05) is 6.92 Å². The zero-order chi connectivity index (χ0) is 14.6. The minimum absolute atomic E-state index is 0.0771. The third-order valence-corrected chi connectivity index (χ3v) is 4.06. The Morgan fingerprint density at radius 2 is 1.79 bits per heavy atom. The van der Waals surface area contributed by atoms with Gasteiger partial charge >= 0.3 is 5.97 Å². The number of allylic oxidation sites excluding steroid dienone is 1. The highest BCUT2D eigenvalue weighted by molar-refractivity contribution is 9.11. The Morgan fingerprint density at radius 1 is 1.26 bits per heavy atom. The third kappa shape index (κ3) is 4.07. The number of ether oxygens (including phenoxy) is 1. The van der Waals surface area contributed by atoms with Gasteiger partial charge in [0.25, 0.3) is 10.0 Å². The summed E-state index contributed by atoms with van der Waals surface area (Å²) in [6.07, 6.45) is 0. The molecule has 0 spiro atoms. The summed E-state index contributed by atoms with van der Waals surface area (Å²) < 4.78 is 31.3. The lowest BCUT2D eigenvalue weighted by atomic mass is 10.2. The van der Waals surface area contributed by atoms with E-state index in [0.29, 0.717) is 4.48 Å². The van der Waals surface area contributed by atoms with Gasteiger partial charge in [-0.15, -0.1) is 0 Å². The van der Waals surface area contributed by atoms with E-state index in [2.05, 4.69) is 25.4 Å². The highest BCUT2D eigenvalue weighted by Crippen LogP contribution is 2.15. The smallest absolute Gasteiger partial charge is 0.355 e. The molecule has 1 rings (SSSR count). The van der Waals surface area contributed by atoms with Crippen molar-refractivity contribution in [1.82, 2.24) is 4.72 Å². The van der Waals surface area contributed by atoms with Crippen molar-refractivity contribution in [3.8, 4) is 0 Å². The lowest BCUT2D eigenvalue weighted by Gasteiger charge is -2.11. The van der Waals surface area contributed by atoms with E-state index < -0.39 is 16.0 Å². The van der Waals surface area contributed by atoms with Gasteiger partial charge in [-0.2, -0.15) is 0 Å². The molecule has 104 valence electrons. The first-order valence-corrected chi connectivity index (χ1v) is 7.59. The van der Waals surface area contributed by atoms with Crippen molar-refractivity contribution in [2.75, 3.05) is 7.11 Å². The van der Waals surface area contributed by atoms with Gasteiger partial charge in [0.15, 0.2) is 0 Å². The molecular weight excluding hydrogens is 334 g/mol. The van der Waals surface area contributed by atoms with Crippen LogP contribution in [0.25, 0.3) is 0 Å². The Labute approximate surface area is 120 Å². The number of aryl methyl sites for hydroxylation is 1. The standard InChI is InChI=1S/C12H14BrNO4S/c1-8-4-6-10(7-5-8)19(16,17)14-11(9(2)13)12(15)18-3/h4-7,14H,1-3H3/b11-9+. The Morgan fingerprint density at radius 3 is 2.21 bits per heavy atom. The van der Waals surface area contributed by atoms with Crippen molar-refractivity contribution >= 4 is 31.9 Å². The van der Waals surface area contributed by atoms with Gasteiger partial charge in [-0.25, -0.2) is 13.2 Å². The van der Waals surface area contributed by atoms with Gasteiger partial charge in [0.05, 0.1) is 12.0 Å². The van der Waals surface area contributed by atoms with Gasteiger partial charge in [0.2, 0.25) is 0 Å². The summed E-state index contributed by atoms with van der Waals surface area (Å²) in [5.41, 5.74) is 0.794. The van der Waals surface area contributed by atoms with E-state index in [4.69, 9.17) is 0 Å². The van der Waals surface area contributed by atoms with E-state index in [-0.39, 0.29) is 10.6 Å². The number of halogens is 1. The molecule has 0 bridgehead atoms. The minimum Gasteiger partial charge on any atom is -0.464 e. The average molecular weight is 348 g/mol. The fourth-order valence-electron chi connectivity index (χ4n) is 1.27. The summed E-state index contributed by atoms with van der Waals surface area (Å²) >= 11 is 3.07. The highest BCUT2D eigenvalue weighted by Gasteiger charge is 2.21. The van der Waals surface area contributed by atoms with Crippen LogP contribution in [0.3, 0.4) is 0 Å². The fraction of sp³-hybridized carbons (Fsp3) is 0.250. The van der Waals surface area contributed by atoms with Crippen LogP contribution in [0.4, 0.5) is 0 Å². The second-order valence-electron chi connectivity index (χ2n) is 3.82. The Balaban J connectivity index is 3.12. The molecule has 1 N–H and O–H groups in total. The van der Waals surface area contributed by atoms with Crippen LogP contribution in [-0.4, -0.2) is 21.5 Å². The van der Waals surface area contributed by atoms with Crippen molar-refractivity contribution in [3.05, 3.63) is 40.0 Å². The van der Waals surface area contributed by atoms with E-state index in [1.54, 1.807) is 19.1 Å². The quantitative estimate of drug-likeness (QED) is 0.668. The first-order valence-electron chi connectivity index (χ1n) is 5.32. The molecule has 7 heteroatoms. The first-order chi connectivity index (χ1) is 8.77. The van der Waals surface area contributed by atoms with Crippen LogP contribution < -0.4 is 4.72 Å². The number of methoxy groups -OCH3 is 1. The maximum atomic E-state index is 12.1. The van der Waals surface area contributed by atoms with Crippen molar-refractivity contribution < 1.29 is 17.9 Å². The largest absolute Gasteiger partial charge is 0.464 e. The molecule has 0 aliphatic rings. The Bertz CT molecular complexity index is 601. The number of hydrogen-bond donors (Lipinski definition) is 1. The number of carbonyl (C=O) groups is 1. The van der Waals surface area contributed by atoms with Gasteiger partial charge in [-0.1, -0.05) is 33.6 Å². The molecule has 0 fully saturated rings. The molecule has 0 atom stereocenters. The summed E-state index contributed by atoms with van der Waals surface area (Å²) in [5.74, 6) is -0.759. The maximum Gasteiger partial charge on any atom is 0.355 e. The van der Waals surface area contributed by atoms with Crippen molar-refractivity contribution in [1.29, 1.82) is 0 Å². The molecule has 0 radical (unpaired) electrons. The Kier molecular flexibility index (Phi) is 5.13. The lowest BCUT2D eigenvalue weighted by molar-refractivity contribution is -0.136. The highest BCUT2D eigenvalue weighted by atomic mass is 79.9. The Hall–Kier alpha value is -1.34. The maximum absolute atomic E-state index is 12.1. The van der Waals surface area contributed by atoms with E-state index >= 15 is 0 Å². The molecule has 0 saturated carbocycles. The first kappa shape index (κ1) is 15.7. The molecule has 5 nitrogen and oxygen atoms in total. The molecular formula is C12H14BrNO4S. The van der Waals surface area contributed by atoms with Crippen molar-refractivity contribution in [2.24, 2.45) is 0 Å². The molecule has 1 aromatic carbocycles. The molecule has 0 aliphatic carbocycles. The van der Waals surface area contributed by atoms with Gasteiger partial charge < -0.3 is 4.74 Å². The van der Waals surface area contributed by atoms with E-state index in [9.17, 15) is 13.2 Å². The average Bonchev–Trinajstić information content (AvgIpc) is 2.35. The van der Waals surface area contributed by atoms with Crippen molar-refractivity contribution in [2.45, 2.75) is 18.7 Å². The zero-order valence-corrected chi connectivity index (χ0v) is 13.1. The SMILES string of the molecule is COC(=O)/C(NS(=O)(=O)c1ccc(C)cc1)=C(/C)Br. The predicted octanol–water partition coefficient (Wildman–Crippen LogP) is 2.07. The van der Waals surface area contributed by atoms with Gasteiger partial charge in [0.1, 0.15) is 5.70 Å². The summed E-state index contributed by atoms with van der Waals surface area (Å²) in [4.78, 5) is 11.6. The second kappa shape index (κ2) is 6.21. The predicted molar refractivity (Wildman–Crippen MR) is 75.1 cm³/mol. The molecule has 0 aliphatic heterocycles. The molecule has 0 heterocycles. The van der Waals surface area contributed by atoms with Gasteiger partial charge in [-0.3, -0.25) is 4.72 Å². The molecule has 0 aromatic heterocycles. The monoisotopic (exact) mass is 347 g/mol. The van der Waals surface area contributed by atoms with Crippen LogP contribution in [0.1, 0.15) is 12.5 Å². The zero-order valence-electron chi connectivity index (χ0n) is 10.7. The lowest BCUT2D eigenvalue weighted by Crippen LogP contribution is -2.28. The summed E-state index contributed by atoms with van der Waals surface area (Å²) in [5, 5.41) is 0. The topological polar surface area (TPSA) is 72.5 Å². The number of carbonyl (C=O) groups excluding carboxylic acids is 1. The summed E-state index contributed by atoms with van der Waals surface area (Å²) in [6, 6.07) is 6.29. The number of hydrogen-bond acceptors (Lipinski definition) is 4. The molecule has 0 unspecified atom stereocenters. The molecule has 19 heavy (non-hydrogen) atoms. The van der Waals surface area contributed by atoms with Crippen LogP contribution >= 0.6 is 15.9 Å². The second-order valence-corrected chi connectivity index (χ2v) is 6.69. The number of benzene rings is 1. The van der Waals surface area contributed by atoms with Gasteiger partial charge in [-0.05, 0) is 26.0 Å². The van der Waals surface area contributed by atoms with Crippen LogP contribution in [0.5, 0.6) is 0 Å². The molecule has 0 amide bonds. The van der Waals surface area contributed by atoms with Crippen LogP contribution in [0.2, 0.25) is 0 Å². The number of sulfonamides is 1. The normalized spacial score (nSPS) is 12.6. The number of esters is 1. The molecule has 0 saturated heterocycles. The number of rotatable bonds is 4. The molecule has 1 aromatic rings. The van der Waals surface area contributed by atoms with E-state index in [1.165, 1.54) is 19.2 Å². The minimum atomic E-state index is -3.82. The fourth-order valence-corrected chi connectivity index (χ4v) is 2.78. The van der Waals surface area contributed by atoms with Crippen LogP contribution in [0.15, 0.2) is 39.3 Å².